The third kappa shape index (κ3) is 6.00. The fraction of sp³-hybridized carbons (Fsp3) is 0.179. The fourth-order valence-corrected chi connectivity index (χ4v) is 7.45. The van der Waals surface area contributed by atoms with Crippen molar-refractivity contribution >= 4 is 51.8 Å². The molecule has 1 atom stereocenters. The minimum Gasteiger partial charge on any atom is -0.491 e. The molecule has 49 heavy (non-hydrogen) atoms. The Labute approximate surface area is 291 Å². The van der Waals surface area contributed by atoms with Crippen LogP contribution in [-0.4, -0.2) is 29.2 Å². The van der Waals surface area contributed by atoms with E-state index in [0.717, 1.165) is 16.9 Å². The number of hydrogen-bond acceptors (Lipinski definition) is 7. The molecule has 246 valence electrons. The molecule has 3 heterocycles. The molecular formula is C39H32ClN3O5S. The summed E-state index contributed by atoms with van der Waals surface area (Å²) < 4.78 is 13.2. The highest BCUT2D eigenvalue weighted by molar-refractivity contribution is 7.07. The second-order valence-corrected chi connectivity index (χ2v) is 13.3. The standard InChI is InChI=1S/C39H32ClN3O5S/c1-4-47-38(46)32-33(25-10-6-5-7-11-25)41-39-43(34(32)26-16-20-28(21-17-26)48-23(2)3)37(45)35(49-39)31-29-12-8-9-13-30(29)42(36(31)44)22-24-14-18-27(40)19-15-24/h5-21,23,34H,4,22H2,1-3H3/b35-31-/t34-/m1/s1. The minimum atomic E-state index is -0.884. The minimum absolute atomic E-state index is 0.0317. The van der Waals surface area contributed by atoms with E-state index in [2.05, 4.69) is 0 Å². The van der Waals surface area contributed by atoms with Crippen molar-refractivity contribution in [3.8, 4) is 5.75 Å². The van der Waals surface area contributed by atoms with Crippen LogP contribution in [-0.2, 0) is 20.9 Å². The number of aromatic nitrogens is 1. The summed E-state index contributed by atoms with van der Waals surface area (Å²) in [7, 11) is 0. The van der Waals surface area contributed by atoms with Gasteiger partial charge in [0.15, 0.2) is 4.80 Å². The third-order valence-corrected chi connectivity index (χ3v) is 9.63. The Balaban J connectivity index is 1.47. The molecule has 0 radical (unpaired) electrons. The van der Waals surface area contributed by atoms with Crippen LogP contribution in [0.25, 0.3) is 11.3 Å². The quantitative estimate of drug-likeness (QED) is 0.179. The van der Waals surface area contributed by atoms with Crippen LogP contribution in [0.4, 0.5) is 5.69 Å². The van der Waals surface area contributed by atoms with E-state index in [1.807, 2.05) is 105 Å². The molecule has 8 nitrogen and oxygen atoms in total. The molecule has 2 aliphatic rings. The molecule has 7 rings (SSSR count). The molecule has 0 saturated carbocycles. The summed E-state index contributed by atoms with van der Waals surface area (Å²) in [5, 5.41) is 0.604. The smallest absolute Gasteiger partial charge is 0.338 e. The number of amides is 1. The Morgan fingerprint density at radius 3 is 2.31 bits per heavy atom. The van der Waals surface area contributed by atoms with Crippen molar-refractivity contribution in [3.63, 3.8) is 0 Å². The largest absolute Gasteiger partial charge is 0.491 e. The van der Waals surface area contributed by atoms with Gasteiger partial charge in [-0.05, 0) is 62.2 Å². The number of fused-ring (bicyclic) bond motifs is 2. The highest BCUT2D eigenvalue weighted by Gasteiger charge is 2.38. The van der Waals surface area contributed by atoms with Gasteiger partial charge >= 0.3 is 5.97 Å². The Bertz CT molecular complexity index is 2290. The summed E-state index contributed by atoms with van der Waals surface area (Å²) in [6.07, 6.45) is -0.0317. The van der Waals surface area contributed by atoms with E-state index in [9.17, 15) is 14.4 Å². The van der Waals surface area contributed by atoms with Crippen molar-refractivity contribution in [2.24, 2.45) is 4.99 Å². The zero-order valence-electron chi connectivity index (χ0n) is 27.1. The molecule has 2 aliphatic heterocycles. The van der Waals surface area contributed by atoms with E-state index in [-0.39, 0.29) is 28.7 Å². The maximum absolute atomic E-state index is 14.7. The number of hydrogen-bond donors (Lipinski definition) is 0. The molecule has 0 unspecified atom stereocenters. The van der Waals surface area contributed by atoms with E-state index >= 15 is 0 Å². The van der Waals surface area contributed by atoms with Crippen LogP contribution in [0.1, 0.15) is 49.1 Å². The molecule has 0 saturated heterocycles. The lowest BCUT2D eigenvalue weighted by Crippen LogP contribution is -2.41. The van der Waals surface area contributed by atoms with Gasteiger partial charge in [0.2, 0.25) is 0 Å². The number of thiazole rings is 1. The van der Waals surface area contributed by atoms with Gasteiger partial charge in [0.25, 0.3) is 11.5 Å². The number of esters is 1. The molecule has 0 bridgehead atoms. The highest BCUT2D eigenvalue weighted by atomic mass is 35.5. The molecule has 0 spiro atoms. The lowest BCUT2D eigenvalue weighted by molar-refractivity contribution is -0.138. The van der Waals surface area contributed by atoms with Crippen LogP contribution in [0, 0.1) is 0 Å². The maximum Gasteiger partial charge on any atom is 0.338 e. The van der Waals surface area contributed by atoms with Crippen molar-refractivity contribution in [3.05, 3.63) is 156 Å². The second-order valence-electron chi connectivity index (χ2n) is 11.9. The topological polar surface area (TPSA) is 90.2 Å². The molecule has 5 aromatic rings. The number of nitrogens with zero attached hydrogens (tertiary/aromatic N) is 3. The number of carbonyl (C=O) groups excluding carboxylic acids is 2. The fourth-order valence-electron chi connectivity index (χ4n) is 6.24. The molecule has 0 N–H and O–H groups in total. The van der Waals surface area contributed by atoms with Crippen LogP contribution in [0.2, 0.25) is 5.02 Å². The molecule has 1 aromatic heterocycles. The van der Waals surface area contributed by atoms with Crippen molar-refractivity contribution in [1.29, 1.82) is 0 Å². The van der Waals surface area contributed by atoms with E-state index in [1.165, 1.54) is 4.57 Å². The van der Waals surface area contributed by atoms with E-state index in [4.69, 9.17) is 26.1 Å². The van der Waals surface area contributed by atoms with E-state index in [0.29, 0.717) is 55.8 Å². The number of anilines is 1. The zero-order valence-corrected chi connectivity index (χ0v) is 28.6. The molecular weight excluding hydrogens is 658 g/mol. The van der Waals surface area contributed by atoms with Crippen molar-refractivity contribution < 1.29 is 19.1 Å². The summed E-state index contributed by atoms with van der Waals surface area (Å²) in [5.41, 5.74) is 4.15. The van der Waals surface area contributed by atoms with Crippen LogP contribution < -0.4 is 24.5 Å². The van der Waals surface area contributed by atoms with Crippen LogP contribution in [0.3, 0.4) is 0 Å². The highest BCUT2D eigenvalue weighted by Crippen LogP contribution is 2.38. The van der Waals surface area contributed by atoms with Crippen molar-refractivity contribution in [1.82, 2.24) is 4.57 Å². The second kappa shape index (κ2) is 13.3. The lowest BCUT2D eigenvalue weighted by atomic mass is 9.93. The van der Waals surface area contributed by atoms with Gasteiger partial charge in [0, 0.05) is 16.1 Å². The summed E-state index contributed by atoms with van der Waals surface area (Å²) in [5.74, 6) is -0.208. The average molecular weight is 690 g/mol. The average Bonchev–Trinajstić information content (AvgIpc) is 3.57. The Morgan fingerprint density at radius 2 is 1.61 bits per heavy atom. The van der Waals surface area contributed by atoms with Gasteiger partial charge in [-0.25, -0.2) is 9.79 Å². The van der Waals surface area contributed by atoms with Gasteiger partial charge in [0.05, 0.1) is 47.8 Å². The predicted molar refractivity (Wildman–Crippen MR) is 191 cm³/mol. The SMILES string of the molecule is CCOC(=O)C1=C(c2ccccc2)N=c2s/c(=C3\C(=O)N(Cc4ccc(Cl)cc4)c4ccccc43)c(=O)n2[C@@H]1c1ccc(OC(C)C)cc1. The molecule has 1 amide bonds. The van der Waals surface area contributed by atoms with E-state index < -0.39 is 17.6 Å². The van der Waals surface area contributed by atoms with Gasteiger partial charge in [-0.1, -0.05) is 95.7 Å². The lowest BCUT2D eigenvalue weighted by Gasteiger charge is -2.26. The molecule has 0 fully saturated rings. The first-order valence-corrected chi connectivity index (χ1v) is 17.2. The monoisotopic (exact) mass is 689 g/mol. The first-order chi connectivity index (χ1) is 23.7. The Morgan fingerprint density at radius 1 is 0.918 bits per heavy atom. The van der Waals surface area contributed by atoms with Crippen LogP contribution in [0.15, 0.2) is 118 Å². The number of benzene rings is 4. The number of rotatable bonds is 8. The molecule has 4 aromatic carbocycles. The van der Waals surface area contributed by atoms with Gasteiger partial charge in [-0.15, -0.1) is 0 Å². The molecule has 0 aliphatic carbocycles. The summed E-state index contributed by atoms with van der Waals surface area (Å²) in [6, 6.07) is 30.6. The van der Waals surface area contributed by atoms with Gasteiger partial charge < -0.3 is 14.4 Å². The Hall–Kier alpha value is -5.25. The maximum atomic E-state index is 14.7. The van der Waals surface area contributed by atoms with Crippen molar-refractivity contribution in [2.45, 2.75) is 39.5 Å². The van der Waals surface area contributed by atoms with E-state index in [1.54, 1.807) is 24.0 Å². The number of carbonyl (C=O) groups is 2. The number of para-hydroxylation sites is 1. The third-order valence-electron chi connectivity index (χ3n) is 8.32. The van der Waals surface area contributed by atoms with Crippen molar-refractivity contribution in [2.75, 3.05) is 11.5 Å². The van der Waals surface area contributed by atoms with Gasteiger partial charge in [-0.3, -0.25) is 14.2 Å². The van der Waals surface area contributed by atoms with Gasteiger partial charge in [0.1, 0.15) is 10.3 Å². The van der Waals surface area contributed by atoms with Crippen LogP contribution >= 0.6 is 22.9 Å². The number of ether oxygens (including phenoxy) is 2. The first kappa shape index (κ1) is 32.3. The first-order valence-electron chi connectivity index (χ1n) is 16.0. The van der Waals surface area contributed by atoms with Crippen LogP contribution in [0.5, 0.6) is 5.75 Å². The molecule has 10 heteroatoms. The number of halogens is 1. The summed E-state index contributed by atoms with van der Waals surface area (Å²) in [6.45, 7) is 6.07. The zero-order chi connectivity index (χ0) is 34.2. The predicted octanol–water partition coefficient (Wildman–Crippen LogP) is 6.29. The Kier molecular flexibility index (Phi) is 8.79. The summed E-state index contributed by atoms with van der Waals surface area (Å²) >= 11 is 7.26. The summed E-state index contributed by atoms with van der Waals surface area (Å²) in [4.78, 5) is 49.9. The van der Waals surface area contributed by atoms with Gasteiger partial charge in [-0.2, -0.15) is 0 Å². The normalized spacial score (nSPS) is 16.4.